The van der Waals surface area contributed by atoms with Gasteiger partial charge in [-0.3, -0.25) is 9.59 Å². The smallest absolute Gasteiger partial charge is 0.256 e. The van der Waals surface area contributed by atoms with Crippen molar-refractivity contribution in [3.05, 3.63) is 112 Å². The summed E-state index contributed by atoms with van der Waals surface area (Å²) < 4.78 is 2.73. The van der Waals surface area contributed by atoms with E-state index in [-0.39, 0.29) is 11.8 Å². The SMILES string of the molecule is Cc1ccc(C(=O)Nc2ccnn2Cc2ccc(Br)cc2)cc1NC(=O)c1ccccc1. The molecule has 2 N–H and O–H groups in total. The number of halogens is 1. The summed E-state index contributed by atoms with van der Waals surface area (Å²) in [5.41, 5.74) is 3.52. The summed E-state index contributed by atoms with van der Waals surface area (Å²) >= 11 is 3.43. The molecule has 160 valence electrons. The van der Waals surface area contributed by atoms with E-state index >= 15 is 0 Å². The number of aromatic nitrogens is 2. The van der Waals surface area contributed by atoms with E-state index in [1.165, 1.54) is 0 Å². The second-order valence-corrected chi connectivity index (χ2v) is 8.22. The highest BCUT2D eigenvalue weighted by atomic mass is 79.9. The molecule has 0 atom stereocenters. The van der Waals surface area contributed by atoms with Crippen molar-refractivity contribution in [2.45, 2.75) is 13.5 Å². The molecule has 0 saturated heterocycles. The van der Waals surface area contributed by atoms with Crippen LogP contribution in [-0.2, 0) is 6.54 Å². The van der Waals surface area contributed by atoms with Crippen LogP contribution in [0.15, 0.2) is 89.5 Å². The highest BCUT2D eigenvalue weighted by Gasteiger charge is 2.13. The van der Waals surface area contributed by atoms with Crippen LogP contribution in [-0.4, -0.2) is 21.6 Å². The van der Waals surface area contributed by atoms with E-state index in [1.807, 2.05) is 55.5 Å². The molecule has 6 nitrogen and oxygen atoms in total. The summed E-state index contributed by atoms with van der Waals surface area (Å²) in [5.74, 6) is 0.0879. The molecule has 0 aliphatic rings. The molecule has 0 spiro atoms. The van der Waals surface area contributed by atoms with Crippen LogP contribution in [0.1, 0.15) is 31.8 Å². The molecule has 1 aromatic heterocycles. The van der Waals surface area contributed by atoms with Gasteiger partial charge in [-0.25, -0.2) is 4.68 Å². The Bertz CT molecular complexity index is 1250. The quantitative estimate of drug-likeness (QED) is 0.375. The molecule has 0 saturated carbocycles. The van der Waals surface area contributed by atoms with Gasteiger partial charge in [-0.2, -0.15) is 5.10 Å². The molecule has 2 amide bonds. The van der Waals surface area contributed by atoms with Crippen LogP contribution < -0.4 is 10.6 Å². The molecule has 3 aromatic carbocycles. The average molecular weight is 489 g/mol. The Labute approximate surface area is 194 Å². The fourth-order valence-corrected chi connectivity index (χ4v) is 3.46. The third-order valence-electron chi connectivity index (χ3n) is 4.99. The van der Waals surface area contributed by atoms with E-state index in [9.17, 15) is 9.59 Å². The minimum atomic E-state index is -0.280. The number of hydrogen-bond acceptors (Lipinski definition) is 3. The lowest BCUT2D eigenvalue weighted by Gasteiger charge is -2.12. The minimum Gasteiger partial charge on any atom is -0.322 e. The van der Waals surface area contributed by atoms with Crippen LogP contribution in [0.5, 0.6) is 0 Å². The van der Waals surface area contributed by atoms with Crippen molar-refractivity contribution in [2.24, 2.45) is 0 Å². The number of amides is 2. The average Bonchev–Trinajstić information content (AvgIpc) is 3.23. The van der Waals surface area contributed by atoms with Crippen LogP contribution in [0.4, 0.5) is 11.5 Å². The Balaban J connectivity index is 1.49. The van der Waals surface area contributed by atoms with E-state index in [2.05, 4.69) is 31.7 Å². The monoisotopic (exact) mass is 488 g/mol. The van der Waals surface area contributed by atoms with Crippen molar-refractivity contribution in [3.8, 4) is 0 Å². The molecule has 4 rings (SSSR count). The molecule has 0 aliphatic carbocycles. The second kappa shape index (κ2) is 9.62. The van der Waals surface area contributed by atoms with Crippen molar-refractivity contribution >= 4 is 39.2 Å². The van der Waals surface area contributed by atoms with Gasteiger partial charge in [0, 0.05) is 27.4 Å². The minimum absolute atomic E-state index is 0.223. The maximum Gasteiger partial charge on any atom is 0.256 e. The number of carbonyl (C=O) groups excluding carboxylic acids is 2. The zero-order chi connectivity index (χ0) is 22.5. The van der Waals surface area contributed by atoms with Gasteiger partial charge in [-0.05, 0) is 54.4 Å². The molecule has 0 aliphatic heterocycles. The number of benzene rings is 3. The zero-order valence-corrected chi connectivity index (χ0v) is 19.0. The summed E-state index contributed by atoms with van der Waals surface area (Å²) in [6, 6.07) is 23.9. The normalized spacial score (nSPS) is 10.6. The molecule has 32 heavy (non-hydrogen) atoms. The van der Waals surface area contributed by atoms with Crippen molar-refractivity contribution < 1.29 is 9.59 Å². The number of hydrogen-bond donors (Lipinski definition) is 2. The molecular formula is C25H21BrN4O2. The van der Waals surface area contributed by atoms with Crippen LogP contribution in [0.25, 0.3) is 0 Å². The molecule has 0 radical (unpaired) electrons. The van der Waals surface area contributed by atoms with E-state index in [0.717, 1.165) is 15.6 Å². The first-order chi connectivity index (χ1) is 15.5. The Morgan fingerprint density at radius 3 is 2.34 bits per heavy atom. The number of anilines is 2. The Morgan fingerprint density at radius 2 is 1.59 bits per heavy atom. The number of nitrogens with zero attached hydrogens (tertiary/aromatic N) is 2. The summed E-state index contributed by atoms with van der Waals surface area (Å²) in [5, 5.41) is 10.1. The van der Waals surface area contributed by atoms with Crippen LogP contribution in [0, 0.1) is 6.92 Å². The van der Waals surface area contributed by atoms with Gasteiger partial charge < -0.3 is 10.6 Å². The Hall–Kier alpha value is -3.71. The molecule has 4 aromatic rings. The number of nitrogens with one attached hydrogen (secondary N) is 2. The van der Waals surface area contributed by atoms with E-state index in [0.29, 0.717) is 29.2 Å². The van der Waals surface area contributed by atoms with Crippen molar-refractivity contribution in [3.63, 3.8) is 0 Å². The van der Waals surface area contributed by atoms with Crippen LogP contribution >= 0.6 is 15.9 Å². The van der Waals surface area contributed by atoms with Crippen LogP contribution in [0.2, 0.25) is 0 Å². The molecule has 1 heterocycles. The lowest BCUT2D eigenvalue weighted by molar-refractivity contribution is 0.101. The highest BCUT2D eigenvalue weighted by molar-refractivity contribution is 9.10. The van der Waals surface area contributed by atoms with Crippen molar-refractivity contribution in [1.82, 2.24) is 9.78 Å². The van der Waals surface area contributed by atoms with Gasteiger partial charge in [-0.1, -0.05) is 52.3 Å². The summed E-state index contributed by atoms with van der Waals surface area (Å²) in [7, 11) is 0. The predicted octanol–water partition coefficient (Wildman–Crippen LogP) is 5.51. The predicted molar refractivity (Wildman–Crippen MR) is 129 cm³/mol. The van der Waals surface area contributed by atoms with Gasteiger partial charge >= 0.3 is 0 Å². The molecule has 0 bridgehead atoms. The maximum atomic E-state index is 12.9. The summed E-state index contributed by atoms with van der Waals surface area (Å²) in [4.78, 5) is 25.4. The van der Waals surface area contributed by atoms with Crippen molar-refractivity contribution in [1.29, 1.82) is 0 Å². The fourth-order valence-electron chi connectivity index (χ4n) is 3.20. The first-order valence-corrected chi connectivity index (χ1v) is 10.8. The summed E-state index contributed by atoms with van der Waals surface area (Å²) in [6.45, 7) is 2.41. The summed E-state index contributed by atoms with van der Waals surface area (Å²) in [6.07, 6.45) is 1.65. The molecular weight excluding hydrogens is 468 g/mol. The van der Waals surface area contributed by atoms with Gasteiger partial charge in [0.25, 0.3) is 11.8 Å². The molecule has 0 fully saturated rings. The lowest BCUT2D eigenvalue weighted by Crippen LogP contribution is -2.17. The first kappa shape index (κ1) is 21.5. The second-order valence-electron chi connectivity index (χ2n) is 7.30. The van der Waals surface area contributed by atoms with Gasteiger partial charge in [0.1, 0.15) is 5.82 Å². The van der Waals surface area contributed by atoms with E-state index < -0.39 is 0 Å². The van der Waals surface area contributed by atoms with E-state index in [1.54, 1.807) is 41.2 Å². The largest absolute Gasteiger partial charge is 0.322 e. The third kappa shape index (κ3) is 5.12. The van der Waals surface area contributed by atoms with Crippen molar-refractivity contribution in [2.75, 3.05) is 10.6 Å². The van der Waals surface area contributed by atoms with Crippen LogP contribution in [0.3, 0.4) is 0 Å². The molecule has 7 heteroatoms. The van der Waals surface area contributed by atoms with E-state index in [4.69, 9.17) is 0 Å². The fraction of sp³-hybridized carbons (Fsp3) is 0.0800. The number of carbonyl (C=O) groups is 2. The zero-order valence-electron chi connectivity index (χ0n) is 17.4. The number of aryl methyl sites for hydroxylation is 1. The third-order valence-corrected chi connectivity index (χ3v) is 5.52. The highest BCUT2D eigenvalue weighted by Crippen LogP contribution is 2.20. The van der Waals surface area contributed by atoms with Gasteiger partial charge in [0.15, 0.2) is 0 Å². The topological polar surface area (TPSA) is 76.0 Å². The first-order valence-electron chi connectivity index (χ1n) is 10.0. The van der Waals surface area contributed by atoms with Gasteiger partial charge in [-0.15, -0.1) is 0 Å². The van der Waals surface area contributed by atoms with Gasteiger partial charge in [0.2, 0.25) is 0 Å². The molecule has 0 unspecified atom stereocenters. The Morgan fingerprint density at radius 1 is 0.875 bits per heavy atom. The Kier molecular flexibility index (Phi) is 6.47. The lowest BCUT2D eigenvalue weighted by atomic mass is 10.1. The number of rotatable bonds is 6. The maximum absolute atomic E-state index is 12.9. The van der Waals surface area contributed by atoms with Gasteiger partial charge in [0.05, 0.1) is 12.7 Å². The standard InChI is InChI=1S/C25H21BrN4O2/c1-17-7-10-20(15-22(17)28-24(31)19-5-3-2-4-6-19)25(32)29-23-13-14-27-30(23)16-18-8-11-21(26)12-9-18/h2-15H,16H2,1H3,(H,28,31)(H,29,32).